The predicted octanol–water partition coefficient (Wildman–Crippen LogP) is 3.80. The van der Waals surface area contributed by atoms with E-state index in [0.717, 1.165) is 25.3 Å². The van der Waals surface area contributed by atoms with Crippen LogP contribution in [0.5, 0.6) is 5.75 Å². The van der Waals surface area contributed by atoms with Crippen molar-refractivity contribution < 1.29 is 4.74 Å². The average molecular weight is 316 g/mol. The second kappa shape index (κ2) is 5.63. The van der Waals surface area contributed by atoms with Crippen LogP contribution in [0.4, 0.5) is 0 Å². The Morgan fingerprint density at radius 1 is 1.35 bits per heavy atom. The van der Waals surface area contributed by atoms with Crippen LogP contribution in [0, 0.1) is 13.8 Å². The van der Waals surface area contributed by atoms with E-state index in [1.54, 1.807) is 11.9 Å². The smallest absolute Gasteiger partial charge is 0.120 e. The highest BCUT2D eigenvalue weighted by atomic mass is 79.9. The molecule has 0 N–H and O–H groups in total. The van der Waals surface area contributed by atoms with Gasteiger partial charge in [0.15, 0.2) is 0 Å². The van der Waals surface area contributed by atoms with E-state index in [1.165, 1.54) is 15.6 Å². The molecule has 1 aromatic rings. The summed E-state index contributed by atoms with van der Waals surface area (Å²) in [6, 6.07) is 4.22. The van der Waals surface area contributed by atoms with Crippen LogP contribution in [-0.4, -0.2) is 29.8 Å². The molecule has 0 aliphatic carbocycles. The van der Waals surface area contributed by atoms with E-state index < -0.39 is 0 Å². The van der Waals surface area contributed by atoms with Gasteiger partial charge in [-0.1, -0.05) is 27.9 Å². The first-order valence-electron chi connectivity index (χ1n) is 5.82. The summed E-state index contributed by atoms with van der Waals surface area (Å²) in [6.07, 6.45) is 3.58. The Morgan fingerprint density at radius 3 is 2.53 bits per heavy atom. The Labute approximate surface area is 116 Å². The van der Waals surface area contributed by atoms with Crippen molar-refractivity contribution in [2.24, 2.45) is 0 Å². The summed E-state index contributed by atoms with van der Waals surface area (Å²) in [6.45, 7) is 6.36. The van der Waals surface area contributed by atoms with Crippen molar-refractivity contribution in [1.82, 2.24) is 4.31 Å². The van der Waals surface area contributed by atoms with Gasteiger partial charge in [-0.3, -0.25) is 0 Å². The summed E-state index contributed by atoms with van der Waals surface area (Å²) in [5.41, 5.74) is 2.47. The van der Waals surface area contributed by atoms with Gasteiger partial charge in [0.2, 0.25) is 0 Å². The topological polar surface area (TPSA) is 12.5 Å². The third kappa shape index (κ3) is 3.18. The molecule has 1 fully saturated rings. The van der Waals surface area contributed by atoms with Crippen molar-refractivity contribution >= 4 is 27.9 Å². The van der Waals surface area contributed by atoms with Crippen LogP contribution in [-0.2, 0) is 0 Å². The number of rotatable bonds is 3. The Balaban J connectivity index is 2.04. The maximum absolute atomic E-state index is 6.05. The molecule has 1 heterocycles. The van der Waals surface area contributed by atoms with Crippen LogP contribution in [0.1, 0.15) is 17.5 Å². The predicted molar refractivity (Wildman–Crippen MR) is 77.7 cm³/mol. The van der Waals surface area contributed by atoms with Crippen LogP contribution < -0.4 is 4.74 Å². The molecule has 17 heavy (non-hydrogen) atoms. The zero-order valence-corrected chi connectivity index (χ0v) is 12.9. The van der Waals surface area contributed by atoms with Gasteiger partial charge in [0.05, 0.1) is 0 Å². The monoisotopic (exact) mass is 315 g/mol. The third-order valence-corrected chi connectivity index (χ3v) is 5.18. The maximum atomic E-state index is 6.05. The van der Waals surface area contributed by atoms with E-state index in [2.05, 4.69) is 52.5 Å². The zero-order valence-electron chi connectivity index (χ0n) is 10.5. The number of hydrogen-bond acceptors (Lipinski definition) is 3. The van der Waals surface area contributed by atoms with Gasteiger partial charge in [-0.25, -0.2) is 4.31 Å². The lowest BCUT2D eigenvalue weighted by Gasteiger charge is -2.16. The van der Waals surface area contributed by atoms with Gasteiger partial charge in [0.1, 0.15) is 11.9 Å². The lowest BCUT2D eigenvalue weighted by Crippen LogP contribution is -2.20. The number of hydrogen-bond donors (Lipinski definition) is 0. The summed E-state index contributed by atoms with van der Waals surface area (Å²) in [5, 5.41) is 0. The van der Waals surface area contributed by atoms with Gasteiger partial charge in [-0.05, 0) is 49.8 Å². The Hall–Kier alpha value is -0.190. The minimum absolute atomic E-state index is 0.336. The molecule has 94 valence electrons. The molecule has 1 atom stereocenters. The van der Waals surface area contributed by atoms with Crippen molar-refractivity contribution in [2.75, 3.05) is 19.3 Å². The van der Waals surface area contributed by atoms with Gasteiger partial charge in [-0.2, -0.15) is 0 Å². The molecule has 0 bridgehead atoms. The van der Waals surface area contributed by atoms with Gasteiger partial charge < -0.3 is 4.74 Å². The van der Waals surface area contributed by atoms with E-state index in [1.807, 2.05) is 0 Å². The first-order valence-corrected chi connectivity index (χ1v) is 7.80. The number of halogens is 1. The largest absolute Gasteiger partial charge is 0.489 e. The number of benzene rings is 1. The number of nitrogens with zero attached hydrogens (tertiary/aromatic N) is 1. The second-order valence-electron chi connectivity index (χ2n) is 4.47. The molecule has 0 radical (unpaired) electrons. The Kier molecular flexibility index (Phi) is 4.39. The van der Waals surface area contributed by atoms with Crippen molar-refractivity contribution in [2.45, 2.75) is 26.4 Å². The standard InChI is InChI=1S/C13H18BrNOS/c1-9-6-12(7-10(2)13(9)14)16-11-4-5-15(8-11)17-3/h6-7,11H,4-5,8H2,1-3H3. The van der Waals surface area contributed by atoms with Gasteiger partial charge in [0.25, 0.3) is 0 Å². The number of ether oxygens (including phenoxy) is 1. The van der Waals surface area contributed by atoms with Crippen molar-refractivity contribution in [3.8, 4) is 5.75 Å². The van der Waals surface area contributed by atoms with E-state index >= 15 is 0 Å². The van der Waals surface area contributed by atoms with Gasteiger partial charge in [-0.15, -0.1) is 0 Å². The van der Waals surface area contributed by atoms with Crippen LogP contribution >= 0.6 is 27.9 Å². The molecule has 0 aromatic heterocycles. The van der Waals surface area contributed by atoms with Gasteiger partial charge >= 0.3 is 0 Å². The zero-order chi connectivity index (χ0) is 12.4. The molecule has 1 aliphatic rings. The first kappa shape index (κ1) is 13.2. The molecular formula is C13H18BrNOS. The Bertz CT molecular complexity index is 387. The van der Waals surface area contributed by atoms with E-state index in [9.17, 15) is 0 Å². The summed E-state index contributed by atoms with van der Waals surface area (Å²) in [5.74, 6) is 0.996. The average Bonchev–Trinajstić information content (AvgIpc) is 2.73. The molecule has 2 nitrogen and oxygen atoms in total. The highest BCUT2D eigenvalue weighted by molar-refractivity contribution is 9.10. The first-order chi connectivity index (χ1) is 8.10. The third-order valence-electron chi connectivity index (χ3n) is 3.08. The fourth-order valence-corrected chi connectivity index (χ4v) is 2.96. The molecule has 2 rings (SSSR count). The van der Waals surface area contributed by atoms with E-state index in [-0.39, 0.29) is 0 Å². The molecule has 0 amide bonds. The summed E-state index contributed by atoms with van der Waals surface area (Å²) >= 11 is 5.38. The van der Waals surface area contributed by atoms with Crippen LogP contribution in [0.3, 0.4) is 0 Å². The normalized spacial score (nSPS) is 20.8. The molecule has 4 heteroatoms. The highest BCUT2D eigenvalue weighted by Gasteiger charge is 2.23. The lowest BCUT2D eigenvalue weighted by atomic mass is 10.1. The van der Waals surface area contributed by atoms with Crippen molar-refractivity contribution in [3.05, 3.63) is 27.7 Å². The minimum Gasteiger partial charge on any atom is -0.489 e. The van der Waals surface area contributed by atoms with E-state index in [0.29, 0.717) is 6.10 Å². The molecule has 1 aromatic carbocycles. The van der Waals surface area contributed by atoms with Crippen LogP contribution in [0.15, 0.2) is 16.6 Å². The summed E-state index contributed by atoms with van der Waals surface area (Å²) in [4.78, 5) is 0. The lowest BCUT2D eigenvalue weighted by molar-refractivity contribution is 0.217. The van der Waals surface area contributed by atoms with Crippen LogP contribution in [0.2, 0.25) is 0 Å². The maximum Gasteiger partial charge on any atom is 0.120 e. The van der Waals surface area contributed by atoms with E-state index in [4.69, 9.17) is 4.74 Å². The van der Waals surface area contributed by atoms with Crippen LogP contribution in [0.25, 0.3) is 0 Å². The molecule has 1 saturated heterocycles. The molecule has 0 saturated carbocycles. The molecular weight excluding hydrogens is 298 g/mol. The molecule has 1 unspecified atom stereocenters. The molecule has 0 spiro atoms. The van der Waals surface area contributed by atoms with Crippen molar-refractivity contribution in [3.63, 3.8) is 0 Å². The minimum atomic E-state index is 0.336. The Morgan fingerprint density at radius 2 is 2.00 bits per heavy atom. The SMILES string of the molecule is CSN1CCC(Oc2cc(C)c(Br)c(C)c2)C1. The fraction of sp³-hybridized carbons (Fsp3) is 0.538. The number of aryl methyl sites for hydroxylation is 2. The quantitative estimate of drug-likeness (QED) is 0.787. The van der Waals surface area contributed by atoms with Gasteiger partial charge in [0, 0.05) is 17.6 Å². The van der Waals surface area contributed by atoms with Crippen molar-refractivity contribution in [1.29, 1.82) is 0 Å². The fourth-order valence-electron chi connectivity index (χ4n) is 2.13. The highest BCUT2D eigenvalue weighted by Crippen LogP contribution is 2.28. The molecule has 1 aliphatic heterocycles. The summed E-state index contributed by atoms with van der Waals surface area (Å²) in [7, 11) is 0. The summed E-state index contributed by atoms with van der Waals surface area (Å²) < 4.78 is 9.58. The second-order valence-corrected chi connectivity index (χ2v) is 6.14.